The first-order chi connectivity index (χ1) is 9.91. The van der Waals surface area contributed by atoms with E-state index in [2.05, 4.69) is 0 Å². The maximum Gasteiger partial charge on any atom is 0.329 e. The van der Waals surface area contributed by atoms with Crippen LogP contribution in [0.3, 0.4) is 0 Å². The predicted octanol–water partition coefficient (Wildman–Crippen LogP) is 1.07. The summed E-state index contributed by atoms with van der Waals surface area (Å²) in [6, 6.07) is -0.955. The van der Waals surface area contributed by atoms with Crippen LogP contribution in [0.25, 0.3) is 0 Å². The number of rotatable bonds is 3. The van der Waals surface area contributed by atoms with Gasteiger partial charge in [-0.25, -0.2) is 14.4 Å². The molecule has 2 fully saturated rings. The standard InChI is InChI=1S/C14H22N2O5/c1-3-21-11(17)10-6-4-8-15(10)13(20)16-9-5-7-14(16,2)12(18)19/h10H,3-9H2,1-2H3,(H,18,19). The smallest absolute Gasteiger partial charge is 0.329 e. The van der Waals surface area contributed by atoms with Crippen molar-refractivity contribution < 1.29 is 24.2 Å². The molecule has 2 heterocycles. The van der Waals surface area contributed by atoms with Crippen molar-refractivity contribution in [3.05, 3.63) is 0 Å². The monoisotopic (exact) mass is 298 g/mol. The molecule has 21 heavy (non-hydrogen) atoms. The topological polar surface area (TPSA) is 87.2 Å². The molecule has 7 nitrogen and oxygen atoms in total. The number of carbonyl (C=O) groups is 3. The summed E-state index contributed by atoms with van der Waals surface area (Å²) in [5, 5.41) is 9.39. The molecule has 7 heteroatoms. The van der Waals surface area contributed by atoms with Gasteiger partial charge in [-0.3, -0.25) is 0 Å². The highest BCUT2D eigenvalue weighted by atomic mass is 16.5. The Morgan fingerprint density at radius 1 is 1.29 bits per heavy atom. The molecule has 0 radical (unpaired) electrons. The van der Waals surface area contributed by atoms with E-state index in [9.17, 15) is 19.5 Å². The van der Waals surface area contributed by atoms with Crippen molar-refractivity contribution in [2.45, 2.75) is 51.1 Å². The summed E-state index contributed by atoms with van der Waals surface area (Å²) < 4.78 is 5.00. The number of nitrogens with zero attached hydrogens (tertiary/aromatic N) is 2. The van der Waals surface area contributed by atoms with Crippen LogP contribution in [0.1, 0.15) is 39.5 Å². The van der Waals surface area contributed by atoms with Crippen molar-refractivity contribution in [3.8, 4) is 0 Å². The number of carbonyl (C=O) groups excluding carboxylic acids is 2. The highest BCUT2D eigenvalue weighted by Crippen LogP contribution is 2.32. The lowest BCUT2D eigenvalue weighted by molar-refractivity contribution is -0.148. The normalized spacial score (nSPS) is 28.8. The number of amides is 2. The minimum absolute atomic E-state index is 0.272. The van der Waals surface area contributed by atoms with E-state index in [4.69, 9.17) is 4.74 Å². The summed E-state index contributed by atoms with van der Waals surface area (Å²) >= 11 is 0. The lowest BCUT2D eigenvalue weighted by Gasteiger charge is -2.35. The Morgan fingerprint density at radius 2 is 2.00 bits per heavy atom. The molecular weight excluding hydrogens is 276 g/mol. The summed E-state index contributed by atoms with van der Waals surface area (Å²) in [4.78, 5) is 38.9. The second kappa shape index (κ2) is 5.91. The van der Waals surface area contributed by atoms with Gasteiger partial charge < -0.3 is 19.6 Å². The third kappa shape index (κ3) is 2.69. The van der Waals surface area contributed by atoms with Gasteiger partial charge in [0.1, 0.15) is 11.6 Å². The molecule has 2 aliphatic heterocycles. The third-order valence-corrected chi connectivity index (χ3v) is 4.39. The first kappa shape index (κ1) is 15.6. The molecule has 2 saturated heterocycles. The van der Waals surface area contributed by atoms with Crippen molar-refractivity contribution >= 4 is 18.0 Å². The number of likely N-dealkylation sites (tertiary alicyclic amines) is 2. The van der Waals surface area contributed by atoms with E-state index >= 15 is 0 Å². The van der Waals surface area contributed by atoms with Gasteiger partial charge in [0.15, 0.2) is 0 Å². The van der Waals surface area contributed by atoms with Crippen molar-refractivity contribution in [3.63, 3.8) is 0 Å². The molecule has 118 valence electrons. The van der Waals surface area contributed by atoms with Gasteiger partial charge >= 0.3 is 18.0 Å². The van der Waals surface area contributed by atoms with Gasteiger partial charge in [0.2, 0.25) is 0 Å². The van der Waals surface area contributed by atoms with Crippen molar-refractivity contribution in [1.82, 2.24) is 9.80 Å². The van der Waals surface area contributed by atoms with Crippen LogP contribution in [0.15, 0.2) is 0 Å². The number of urea groups is 1. The number of esters is 1. The number of carboxylic acid groups (broad SMARTS) is 1. The lowest BCUT2D eigenvalue weighted by atomic mass is 9.99. The molecule has 2 atom stereocenters. The highest BCUT2D eigenvalue weighted by molar-refractivity contribution is 5.89. The molecule has 2 amide bonds. The van der Waals surface area contributed by atoms with Crippen LogP contribution in [0.5, 0.6) is 0 Å². The van der Waals surface area contributed by atoms with Crippen molar-refractivity contribution in [2.75, 3.05) is 19.7 Å². The van der Waals surface area contributed by atoms with E-state index in [1.807, 2.05) is 0 Å². The van der Waals surface area contributed by atoms with Gasteiger partial charge in [0.25, 0.3) is 0 Å². The molecule has 2 aliphatic rings. The quantitative estimate of drug-likeness (QED) is 0.788. The summed E-state index contributed by atoms with van der Waals surface area (Å²) in [6.07, 6.45) is 2.40. The Bertz CT molecular complexity index is 453. The van der Waals surface area contributed by atoms with Gasteiger partial charge in [-0.2, -0.15) is 0 Å². The second-order valence-corrected chi connectivity index (χ2v) is 5.72. The lowest BCUT2D eigenvalue weighted by Crippen LogP contribution is -2.57. The van der Waals surface area contributed by atoms with Gasteiger partial charge in [-0.15, -0.1) is 0 Å². The number of hydrogen-bond acceptors (Lipinski definition) is 4. The van der Waals surface area contributed by atoms with Crippen LogP contribution in [-0.4, -0.2) is 64.2 Å². The fourth-order valence-electron chi connectivity index (χ4n) is 3.13. The van der Waals surface area contributed by atoms with Gasteiger partial charge in [0.05, 0.1) is 6.61 Å². The molecule has 0 aromatic rings. The maximum absolute atomic E-state index is 12.7. The minimum atomic E-state index is -1.18. The summed E-state index contributed by atoms with van der Waals surface area (Å²) in [5.41, 5.74) is -1.18. The van der Waals surface area contributed by atoms with E-state index in [0.717, 1.165) is 6.42 Å². The van der Waals surface area contributed by atoms with Crippen LogP contribution in [0.2, 0.25) is 0 Å². The zero-order valence-electron chi connectivity index (χ0n) is 12.5. The molecule has 0 saturated carbocycles. The summed E-state index contributed by atoms with van der Waals surface area (Å²) in [5.74, 6) is -1.40. The molecule has 1 N–H and O–H groups in total. The third-order valence-electron chi connectivity index (χ3n) is 4.39. The van der Waals surface area contributed by atoms with E-state index < -0.39 is 23.5 Å². The fraction of sp³-hybridized carbons (Fsp3) is 0.786. The SMILES string of the molecule is CCOC(=O)C1CCCN1C(=O)N1CCCC1(C)C(=O)O. The van der Waals surface area contributed by atoms with Crippen LogP contribution >= 0.6 is 0 Å². The van der Waals surface area contributed by atoms with Gasteiger partial charge in [-0.1, -0.05) is 0 Å². The molecule has 0 bridgehead atoms. The van der Waals surface area contributed by atoms with E-state index in [0.29, 0.717) is 32.4 Å². The van der Waals surface area contributed by atoms with E-state index in [-0.39, 0.29) is 12.6 Å². The zero-order chi connectivity index (χ0) is 15.6. The first-order valence-corrected chi connectivity index (χ1v) is 7.40. The number of aliphatic carboxylic acids is 1. The van der Waals surface area contributed by atoms with Gasteiger partial charge in [0, 0.05) is 13.1 Å². The Balaban J connectivity index is 2.15. The maximum atomic E-state index is 12.7. The van der Waals surface area contributed by atoms with Crippen molar-refractivity contribution in [2.24, 2.45) is 0 Å². The Kier molecular flexibility index (Phi) is 4.39. The summed E-state index contributed by atoms with van der Waals surface area (Å²) in [6.45, 7) is 4.44. The zero-order valence-corrected chi connectivity index (χ0v) is 12.5. The van der Waals surface area contributed by atoms with Crippen LogP contribution in [0, 0.1) is 0 Å². The molecule has 0 aromatic carbocycles. The van der Waals surface area contributed by atoms with Gasteiger partial charge in [-0.05, 0) is 39.5 Å². The molecule has 2 unspecified atom stereocenters. The Labute approximate surface area is 123 Å². The van der Waals surface area contributed by atoms with E-state index in [1.54, 1.807) is 13.8 Å². The summed E-state index contributed by atoms with van der Waals surface area (Å²) in [7, 11) is 0. The fourth-order valence-corrected chi connectivity index (χ4v) is 3.13. The van der Waals surface area contributed by atoms with Crippen LogP contribution < -0.4 is 0 Å². The number of carboxylic acids is 1. The molecule has 0 spiro atoms. The predicted molar refractivity (Wildman–Crippen MR) is 73.7 cm³/mol. The van der Waals surface area contributed by atoms with E-state index in [1.165, 1.54) is 9.80 Å². The largest absolute Gasteiger partial charge is 0.480 e. The molecule has 0 aromatic heterocycles. The van der Waals surface area contributed by atoms with Crippen LogP contribution in [-0.2, 0) is 14.3 Å². The molecular formula is C14H22N2O5. The number of hydrogen-bond donors (Lipinski definition) is 1. The number of ether oxygens (including phenoxy) is 1. The Hall–Kier alpha value is -1.79. The average molecular weight is 298 g/mol. The molecule has 2 rings (SSSR count). The first-order valence-electron chi connectivity index (χ1n) is 7.40. The average Bonchev–Trinajstić information content (AvgIpc) is 3.05. The van der Waals surface area contributed by atoms with Crippen molar-refractivity contribution in [1.29, 1.82) is 0 Å². The Morgan fingerprint density at radius 3 is 2.62 bits per heavy atom. The highest BCUT2D eigenvalue weighted by Gasteiger charge is 2.49. The second-order valence-electron chi connectivity index (χ2n) is 5.72. The minimum Gasteiger partial charge on any atom is -0.480 e. The van der Waals surface area contributed by atoms with Crippen LogP contribution in [0.4, 0.5) is 4.79 Å². The molecule has 0 aliphatic carbocycles.